The number of carbonyl (C=O) groups is 1. The van der Waals surface area contributed by atoms with E-state index in [-0.39, 0.29) is 11.9 Å². The van der Waals surface area contributed by atoms with Crippen molar-refractivity contribution < 1.29 is 4.79 Å². The molecule has 1 fully saturated rings. The number of nitrogens with zero attached hydrogens (tertiary/aromatic N) is 2. The number of rotatable bonds is 2. The molecule has 0 radical (unpaired) electrons. The van der Waals surface area contributed by atoms with Crippen LogP contribution in [0, 0.1) is 5.92 Å². The lowest BCUT2D eigenvalue weighted by Gasteiger charge is -2.34. The fourth-order valence-corrected chi connectivity index (χ4v) is 2.98. The van der Waals surface area contributed by atoms with Crippen molar-refractivity contribution in [1.82, 2.24) is 9.30 Å². The zero-order valence-corrected chi connectivity index (χ0v) is 11.8. The first-order valence-corrected chi connectivity index (χ1v) is 7.27. The molecule has 106 valence electrons. The second kappa shape index (κ2) is 5.29. The Morgan fingerprint density at radius 2 is 2.30 bits per heavy atom. The SMILES string of the molecule is C[C@@H](N)[C@@H]1CCCN(C(=O)c2cc3ccccn3c2)C1. The Morgan fingerprint density at radius 3 is 3.05 bits per heavy atom. The van der Waals surface area contributed by atoms with Crippen molar-refractivity contribution in [1.29, 1.82) is 0 Å². The van der Waals surface area contributed by atoms with E-state index in [1.165, 1.54) is 0 Å². The van der Waals surface area contributed by atoms with E-state index in [4.69, 9.17) is 5.73 Å². The van der Waals surface area contributed by atoms with Gasteiger partial charge in [-0.1, -0.05) is 6.07 Å². The second-order valence-corrected chi connectivity index (χ2v) is 5.77. The third kappa shape index (κ3) is 2.43. The summed E-state index contributed by atoms with van der Waals surface area (Å²) in [5.41, 5.74) is 7.81. The fourth-order valence-electron chi connectivity index (χ4n) is 2.98. The molecule has 20 heavy (non-hydrogen) atoms. The maximum Gasteiger partial charge on any atom is 0.255 e. The predicted molar refractivity (Wildman–Crippen MR) is 79.7 cm³/mol. The smallest absolute Gasteiger partial charge is 0.255 e. The van der Waals surface area contributed by atoms with Crippen LogP contribution in [0.2, 0.25) is 0 Å². The van der Waals surface area contributed by atoms with Gasteiger partial charge in [0.2, 0.25) is 0 Å². The molecule has 1 aliphatic rings. The van der Waals surface area contributed by atoms with Crippen LogP contribution in [0.4, 0.5) is 0 Å². The summed E-state index contributed by atoms with van der Waals surface area (Å²) in [6.45, 7) is 3.66. The maximum atomic E-state index is 12.6. The van der Waals surface area contributed by atoms with Gasteiger partial charge in [-0.25, -0.2) is 0 Å². The number of likely N-dealkylation sites (tertiary alicyclic amines) is 1. The number of fused-ring (bicyclic) bond motifs is 1. The molecular formula is C16H21N3O. The molecule has 0 aromatic carbocycles. The lowest BCUT2D eigenvalue weighted by atomic mass is 9.92. The number of hydrogen-bond acceptors (Lipinski definition) is 2. The number of nitrogens with two attached hydrogens (primary N) is 1. The summed E-state index contributed by atoms with van der Waals surface area (Å²) < 4.78 is 1.99. The zero-order valence-electron chi connectivity index (χ0n) is 11.8. The van der Waals surface area contributed by atoms with E-state index in [2.05, 4.69) is 0 Å². The van der Waals surface area contributed by atoms with E-state index < -0.39 is 0 Å². The molecule has 2 atom stereocenters. The number of carbonyl (C=O) groups excluding carboxylic acids is 1. The molecule has 2 aromatic heterocycles. The van der Waals surface area contributed by atoms with Gasteiger partial charge in [0, 0.05) is 37.0 Å². The second-order valence-electron chi connectivity index (χ2n) is 5.77. The van der Waals surface area contributed by atoms with Gasteiger partial charge >= 0.3 is 0 Å². The molecule has 4 heteroatoms. The van der Waals surface area contributed by atoms with Crippen molar-refractivity contribution in [3.63, 3.8) is 0 Å². The van der Waals surface area contributed by atoms with Crippen molar-refractivity contribution in [3.8, 4) is 0 Å². The Bertz CT molecular complexity index is 584. The lowest BCUT2D eigenvalue weighted by molar-refractivity contribution is 0.0661. The normalized spacial score (nSPS) is 21.1. The van der Waals surface area contributed by atoms with Crippen molar-refractivity contribution in [3.05, 3.63) is 42.2 Å². The summed E-state index contributed by atoms with van der Waals surface area (Å²) in [4.78, 5) is 14.6. The highest BCUT2D eigenvalue weighted by Gasteiger charge is 2.26. The topological polar surface area (TPSA) is 50.7 Å². The highest BCUT2D eigenvalue weighted by Crippen LogP contribution is 2.21. The number of pyridine rings is 1. The molecule has 2 N–H and O–H groups in total. The van der Waals surface area contributed by atoms with Crippen LogP contribution >= 0.6 is 0 Å². The minimum absolute atomic E-state index is 0.124. The zero-order chi connectivity index (χ0) is 14.1. The fraction of sp³-hybridized carbons (Fsp3) is 0.438. The van der Waals surface area contributed by atoms with E-state index >= 15 is 0 Å². The summed E-state index contributed by atoms with van der Waals surface area (Å²) in [6, 6.07) is 8.07. The van der Waals surface area contributed by atoms with Crippen molar-refractivity contribution in [2.45, 2.75) is 25.8 Å². The molecule has 3 rings (SSSR count). The van der Waals surface area contributed by atoms with Gasteiger partial charge in [-0.2, -0.15) is 0 Å². The molecule has 1 amide bonds. The third-order valence-electron chi connectivity index (χ3n) is 4.24. The monoisotopic (exact) mass is 271 g/mol. The minimum Gasteiger partial charge on any atom is -0.338 e. The first kappa shape index (κ1) is 13.2. The van der Waals surface area contributed by atoms with E-state index in [1.807, 2.05) is 52.9 Å². The van der Waals surface area contributed by atoms with Crippen LogP contribution in [0.25, 0.3) is 5.52 Å². The van der Waals surface area contributed by atoms with Crippen LogP contribution in [0.3, 0.4) is 0 Å². The summed E-state index contributed by atoms with van der Waals surface area (Å²) in [6.07, 6.45) is 6.05. The summed E-state index contributed by atoms with van der Waals surface area (Å²) in [5, 5.41) is 0. The number of hydrogen-bond donors (Lipinski definition) is 1. The van der Waals surface area contributed by atoms with Gasteiger partial charge in [0.05, 0.1) is 5.56 Å². The largest absolute Gasteiger partial charge is 0.338 e. The van der Waals surface area contributed by atoms with Gasteiger partial charge in [0.25, 0.3) is 5.91 Å². The van der Waals surface area contributed by atoms with Crippen LogP contribution < -0.4 is 5.73 Å². The van der Waals surface area contributed by atoms with Crippen molar-refractivity contribution in [2.75, 3.05) is 13.1 Å². The molecule has 1 aliphatic heterocycles. The summed E-state index contributed by atoms with van der Waals surface area (Å²) in [5.74, 6) is 0.545. The van der Waals surface area contributed by atoms with Crippen molar-refractivity contribution >= 4 is 11.4 Å². The third-order valence-corrected chi connectivity index (χ3v) is 4.24. The summed E-state index contributed by atoms with van der Waals surface area (Å²) >= 11 is 0. The van der Waals surface area contributed by atoms with Crippen LogP contribution in [0.1, 0.15) is 30.1 Å². The Kier molecular flexibility index (Phi) is 3.49. The van der Waals surface area contributed by atoms with E-state index in [0.29, 0.717) is 5.92 Å². The average Bonchev–Trinajstić information content (AvgIpc) is 2.90. The van der Waals surface area contributed by atoms with E-state index in [0.717, 1.165) is 37.0 Å². The first-order valence-electron chi connectivity index (χ1n) is 7.27. The lowest BCUT2D eigenvalue weighted by Crippen LogP contribution is -2.44. The van der Waals surface area contributed by atoms with Gasteiger partial charge in [-0.3, -0.25) is 4.79 Å². The van der Waals surface area contributed by atoms with Crippen LogP contribution in [0.5, 0.6) is 0 Å². The molecule has 2 aromatic rings. The van der Waals surface area contributed by atoms with E-state index in [1.54, 1.807) is 0 Å². The molecule has 0 bridgehead atoms. The molecule has 0 aliphatic carbocycles. The predicted octanol–water partition coefficient (Wildman–Crippen LogP) is 2.14. The highest BCUT2D eigenvalue weighted by molar-refractivity contribution is 5.95. The molecular weight excluding hydrogens is 250 g/mol. The highest BCUT2D eigenvalue weighted by atomic mass is 16.2. The van der Waals surface area contributed by atoms with E-state index in [9.17, 15) is 4.79 Å². The molecule has 0 saturated carbocycles. The molecule has 0 unspecified atom stereocenters. The van der Waals surface area contributed by atoms with Gasteiger partial charge in [-0.05, 0) is 43.9 Å². The molecule has 3 heterocycles. The van der Waals surface area contributed by atoms with Gasteiger partial charge in [-0.15, -0.1) is 0 Å². The van der Waals surface area contributed by atoms with Gasteiger partial charge in [0.1, 0.15) is 0 Å². The molecule has 1 saturated heterocycles. The first-order chi connectivity index (χ1) is 9.65. The van der Waals surface area contributed by atoms with Gasteiger partial charge in [0.15, 0.2) is 0 Å². The van der Waals surface area contributed by atoms with Crippen molar-refractivity contribution in [2.24, 2.45) is 11.7 Å². The Hall–Kier alpha value is -1.81. The summed E-state index contributed by atoms with van der Waals surface area (Å²) in [7, 11) is 0. The number of aromatic nitrogens is 1. The number of amides is 1. The van der Waals surface area contributed by atoms with Gasteiger partial charge < -0.3 is 15.0 Å². The number of piperidine rings is 1. The Balaban J connectivity index is 1.81. The standard InChI is InChI=1S/C16H21N3O/c1-12(17)13-5-4-8-19(10-13)16(20)14-9-15-6-2-3-7-18(15)11-14/h2-3,6-7,9,11-13H,4-5,8,10,17H2,1H3/t12-,13-/m1/s1. The average molecular weight is 271 g/mol. The molecule has 4 nitrogen and oxygen atoms in total. The quantitative estimate of drug-likeness (QED) is 0.909. The van der Waals surface area contributed by atoms with Crippen LogP contribution in [-0.2, 0) is 0 Å². The molecule has 0 spiro atoms. The Morgan fingerprint density at radius 1 is 1.45 bits per heavy atom. The van der Waals surface area contributed by atoms with Crippen LogP contribution in [-0.4, -0.2) is 34.3 Å². The van der Waals surface area contributed by atoms with Crippen LogP contribution in [0.15, 0.2) is 36.7 Å². The minimum atomic E-state index is 0.124. The maximum absolute atomic E-state index is 12.6. The Labute approximate surface area is 119 Å².